The number of halogens is 1. The minimum Gasteiger partial charge on any atom is -0.497 e. The SMILES string of the molecule is COc1cccc(N2CCN(C(=O)c3ccc(Cl)cc3)CC2)c1. The van der Waals surface area contributed by atoms with Gasteiger partial charge in [-0.25, -0.2) is 0 Å². The number of carbonyl (C=O) groups is 1. The van der Waals surface area contributed by atoms with Gasteiger partial charge in [0.05, 0.1) is 7.11 Å². The Kier molecular flexibility index (Phi) is 4.72. The van der Waals surface area contributed by atoms with Crippen LogP contribution in [-0.4, -0.2) is 44.1 Å². The van der Waals surface area contributed by atoms with Gasteiger partial charge in [-0.2, -0.15) is 0 Å². The number of ether oxygens (including phenoxy) is 1. The van der Waals surface area contributed by atoms with Gasteiger partial charge < -0.3 is 14.5 Å². The van der Waals surface area contributed by atoms with Crippen molar-refractivity contribution in [1.82, 2.24) is 4.90 Å². The van der Waals surface area contributed by atoms with Gasteiger partial charge in [0, 0.05) is 48.5 Å². The second-order valence-electron chi connectivity index (χ2n) is 5.49. The van der Waals surface area contributed by atoms with E-state index in [0.29, 0.717) is 23.7 Å². The Morgan fingerprint density at radius 1 is 1.04 bits per heavy atom. The maximum Gasteiger partial charge on any atom is 0.253 e. The van der Waals surface area contributed by atoms with Gasteiger partial charge in [0.2, 0.25) is 0 Å². The highest BCUT2D eigenvalue weighted by molar-refractivity contribution is 6.30. The van der Waals surface area contributed by atoms with Crippen LogP contribution >= 0.6 is 11.6 Å². The summed E-state index contributed by atoms with van der Waals surface area (Å²) in [5.41, 5.74) is 1.81. The lowest BCUT2D eigenvalue weighted by Crippen LogP contribution is -2.48. The first-order valence-electron chi connectivity index (χ1n) is 7.61. The van der Waals surface area contributed by atoms with Crippen LogP contribution in [0.3, 0.4) is 0 Å². The third-order valence-corrected chi connectivity index (χ3v) is 4.33. The molecule has 0 radical (unpaired) electrons. The molecule has 1 heterocycles. The molecule has 2 aromatic rings. The molecule has 0 atom stereocenters. The lowest BCUT2D eigenvalue weighted by Gasteiger charge is -2.36. The molecule has 0 unspecified atom stereocenters. The smallest absolute Gasteiger partial charge is 0.253 e. The van der Waals surface area contributed by atoms with Gasteiger partial charge >= 0.3 is 0 Å². The number of hydrogen-bond acceptors (Lipinski definition) is 3. The molecule has 0 aromatic heterocycles. The highest BCUT2D eigenvalue weighted by atomic mass is 35.5. The molecule has 0 bridgehead atoms. The zero-order valence-corrected chi connectivity index (χ0v) is 13.8. The van der Waals surface area contributed by atoms with Gasteiger partial charge in [-0.1, -0.05) is 17.7 Å². The first kappa shape index (κ1) is 15.7. The van der Waals surface area contributed by atoms with Gasteiger partial charge in [-0.05, 0) is 36.4 Å². The summed E-state index contributed by atoms with van der Waals surface area (Å²) in [5, 5.41) is 0.643. The average Bonchev–Trinajstić information content (AvgIpc) is 2.62. The summed E-state index contributed by atoms with van der Waals surface area (Å²) >= 11 is 5.87. The molecule has 0 spiro atoms. The Morgan fingerprint density at radius 3 is 2.39 bits per heavy atom. The minimum atomic E-state index is 0.0620. The lowest BCUT2D eigenvalue weighted by molar-refractivity contribution is 0.0747. The van der Waals surface area contributed by atoms with Crippen molar-refractivity contribution in [3.05, 3.63) is 59.1 Å². The van der Waals surface area contributed by atoms with E-state index < -0.39 is 0 Å². The second-order valence-corrected chi connectivity index (χ2v) is 5.92. The molecule has 0 N–H and O–H groups in total. The molecule has 120 valence electrons. The highest BCUT2D eigenvalue weighted by Gasteiger charge is 2.22. The molecule has 1 aliphatic rings. The maximum atomic E-state index is 12.5. The zero-order valence-electron chi connectivity index (χ0n) is 13.0. The van der Waals surface area contributed by atoms with E-state index in [0.717, 1.165) is 24.5 Å². The molecular formula is C18H19ClN2O2. The normalized spacial score (nSPS) is 14.7. The fraction of sp³-hybridized carbons (Fsp3) is 0.278. The van der Waals surface area contributed by atoms with Crippen LogP contribution < -0.4 is 9.64 Å². The topological polar surface area (TPSA) is 32.8 Å². The summed E-state index contributed by atoms with van der Waals surface area (Å²) in [6.45, 7) is 3.04. The van der Waals surface area contributed by atoms with E-state index in [4.69, 9.17) is 16.3 Å². The first-order valence-corrected chi connectivity index (χ1v) is 7.99. The number of amides is 1. The first-order chi connectivity index (χ1) is 11.2. The summed E-state index contributed by atoms with van der Waals surface area (Å²) in [7, 11) is 1.67. The lowest BCUT2D eigenvalue weighted by atomic mass is 10.1. The Balaban J connectivity index is 1.63. The average molecular weight is 331 g/mol. The van der Waals surface area contributed by atoms with Crippen molar-refractivity contribution in [3.8, 4) is 5.75 Å². The molecule has 1 amide bonds. The van der Waals surface area contributed by atoms with Crippen molar-refractivity contribution < 1.29 is 9.53 Å². The largest absolute Gasteiger partial charge is 0.497 e. The van der Waals surface area contributed by atoms with Crippen molar-refractivity contribution in [1.29, 1.82) is 0 Å². The van der Waals surface area contributed by atoms with E-state index in [2.05, 4.69) is 11.0 Å². The molecule has 5 heteroatoms. The summed E-state index contributed by atoms with van der Waals surface area (Å²) in [6.07, 6.45) is 0. The molecule has 1 saturated heterocycles. The fourth-order valence-electron chi connectivity index (χ4n) is 2.75. The van der Waals surface area contributed by atoms with Gasteiger partial charge in [0.1, 0.15) is 5.75 Å². The van der Waals surface area contributed by atoms with Crippen LogP contribution in [0.4, 0.5) is 5.69 Å². The van der Waals surface area contributed by atoms with Crippen LogP contribution in [0.5, 0.6) is 5.75 Å². The van der Waals surface area contributed by atoms with Crippen molar-refractivity contribution in [2.45, 2.75) is 0 Å². The van der Waals surface area contributed by atoms with E-state index in [9.17, 15) is 4.79 Å². The van der Waals surface area contributed by atoms with Crippen molar-refractivity contribution in [3.63, 3.8) is 0 Å². The van der Waals surface area contributed by atoms with Crippen LogP contribution in [-0.2, 0) is 0 Å². The second kappa shape index (κ2) is 6.92. The number of nitrogens with zero attached hydrogens (tertiary/aromatic N) is 2. The van der Waals surface area contributed by atoms with Crippen molar-refractivity contribution >= 4 is 23.2 Å². The number of methoxy groups -OCH3 is 1. The van der Waals surface area contributed by atoms with E-state index in [1.54, 1.807) is 31.4 Å². The Morgan fingerprint density at radius 2 is 1.74 bits per heavy atom. The van der Waals surface area contributed by atoms with Crippen LogP contribution in [0, 0.1) is 0 Å². The summed E-state index contributed by atoms with van der Waals surface area (Å²) < 4.78 is 5.27. The van der Waals surface area contributed by atoms with E-state index >= 15 is 0 Å². The third-order valence-electron chi connectivity index (χ3n) is 4.08. The Bertz CT molecular complexity index is 680. The number of rotatable bonds is 3. The summed E-state index contributed by atoms with van der Waals surface area (Å²) in [5.74, 6) is 0.911. The minimum absolute atomic E-state index is 0.0620. The number of hydrogen-bond donors (Lipinski definition) is 0. The number of piperazine rings is 1. The standard InChI is InChI=1S/C18H19ClN2O2/c1-23-17-4-2-3-16(13-17)20-9-11-21(12-10-20)18(22)14-5-7-15(19)8-6-14/h2-8,13H,9-12H2,1H3. The molecule has 0 aliphatic carbocycles. The molecule has 0 saturated carbocycles. The monoisotopic (exact) mass is 330 g/mol. The van der Waals surface area contributed by atoms with Crippen LogP contribution in [0.1, 0.15) is 10.4 Å². The highest BCUT2D eigenvalue weighted by Crippen LogP contribution is 2.22. The van der Waals surface area contributed by atoms with E-state index in [1.165, 1.54) is 0 Å². The fourth-order valence-corrected chi connectivity index (χ4v) is 2.88. The molecule has 4 nitrogen and oxygen atoms in total. The van der Waals surface area contributed by atoms with Crippen LogP contribution in [0.2, 0.25) is 5.02 Å². The predicted octanol–water partition coefficient (Wildman–Crippen LogP) is 3.31. The number of anilines is 1. The quantitative estimate of drug-likeness (QED) is 0.865. The maximum absolute atomic E-state index is 12.5. The number of carbonyl (C=O) groups excluding carboxylic acids is 1. The summed E-state index contributed by atoms with van der Waals surface area (Å²) in [6, 6.07) is 15.1. The summed E-state index contributed by atoms with van der Waals surface area (Å²) in [4.78, 5) is 16.7. The molecule has 1 aliphatic heterocycles. The molecule has 1 fully saturated rings. The molecular weight excluding hydrogens is 312 g/mol. The number of benzene rings is 2. The van der Waals surface area contributed by atoms with Crippen molar-refractivity contribution in [2.75, 3.05) is 38.2 Å². The van der Waals surface area contributed by atoms with E-state index in [1.807, 2.05) is 23.1 Å². The van der Waals surface area contributed by atoms with Crippen molar-refractivity contribution in [2.24, 2.45) is 0 Å². The van der Waals surface area contributed by atoms with Gasteiger partial charge in [-0.15, -0.1) is 0 Å². The van der Waals surface area contributed by atoms with Crippen LogP contribution in [0.25, 0.3) is 0 Å². The Hall–Kier alpha value is -2.20. The Labute approximate surface area is 141 Å². The van der Waals surface area contributed by atoms with Gasteiger partial charge in [0.15, 0.2) is 0 Å². The molecule has 3 rings (SSSR count). The third kappa shape index (κ3) is 3.59. The van der Waals surface area contributed by atoms with E-state index in [-0.39, 0.29) is 5.91 Å². The zero-order chi connectivity index (χ0) is 16.2. The van der Waals surface area contributed by atoms with Gasteiger partial charge in [0.25, 0.3) is 5.91 Å². The molecule has 23 heavy (non-hydrogen) atoms. The van der Waals surface area contributed by atoms with Gasteiger partial charge in [-0.3, -0.25) is 4.79 Å². The molecule has 2 aromatic carbocycles. The predicted molar refractivity (Wildman–Crippen MR) is 92.6 cm³/mol. The van der Waals surface area contributed by atoms with Crippen LogP contribution in [0.15, 0.2) is 48.5 Å².